The second-order valence-electron chi connectivity index (χ2n) is 15.8. The Labute approximate surface area is 315 Å². The van der Waals surface area contributed by atoms with Gasteiger partial charge in [-0.05, 0) is 64.7 Å². The summed E-state index contributed by atoms with van der Waals surface area (Å²) in [6.45, 7) is 8.02. The smallest absolute Gasteiger partial charge is 0.243 e. The number of nitrogens with zero attached hydrogens (tertiary/aromatic N) is 3. The largest absolute Gasteiger partial charge is 0.352 e. The number of allylic oxidation sites excluding steroid dienone is 2. The number of hydrogen-bond acceptors (Lipinski definition) is 3. The SMILES string of the molecule is CCCCCCCC/C=C\CCCCCCCC(=O)N(CCCn1ccnc1C)C(CCCCCCCCCCC)C(=O)NC1CCCCCC1. The lowest BCUT2D eigenvalue weighted by atomic mass is 10.0. The summed E-state index contributed by atoms with van der Waals surface area (Å²) in [4.78, 5) is 34.5. The van der Waals surface area contributed by atoms with Crippen molar-refractivity contribution in [1.82, 2.24) is 19.8 Å². The average Bonchev–Trinajstić information content (AvgIpc) is 3.36. The molecule has 1 aromatic rings. The van der Waals surface area contributed by atoms with Crippen molar-refractivity contribution in [2.45, 2.75) is 238 Å². The van der Waals surface area contributed by atoms with Gasteiger partial charge in [0.25, 0.3) is 0 Å². The molecule has 1 saturated carbocycles. The first kappa shape index (κ1) is 45.0. The van der Waals surface area contributed by atoms with Gasteiger partial charge in [0.1, 0.15) is 11.9 Å². The van der Waals surface area contributed by atoms with Crippen LogP contribution < -0.4 is 5.32 Å². The molecule has 0 aliphatic heterocycles. The number of nitrogens with one attached hydrogen (secondary N) is 1. The fraction of sp³-hybridized carbons (Fsp3) is 0.844. The van der Waals surface area contributed by atoms with E-state index >= 15 is 0 Å². The van der Waals surface area contributed by atoms with Crippen LogP contribution in [0, 0.1) is 6.92 Å². The molecule has 294 valence electrons. The van der Waals surface area contributed by atoms with Crippen molar-refractivity contribution in [2.75, 3.05) is 6.54 Å². The van der Waals surface area contributed by atoms with E-state index in [1.807, 2.05) is 24.2 Å². The number of hydrogen-bond donors (Lipinski definition) is 1. The summed E-state index contributed by atoms with van der Waals surface area (Å²) in [7, 11) is 0. The molecule has 1 unspecified atom stereocenters. The Hall–Kier alpha value is -2.11. The van der Waals surface area contributed by atoms with E-state index in [1.54, 1.807) is 0 Å². The lowest BCUT2D eigenvalue weighted by Crippen LogP contribution is -2.52. The highest BCUT2D eigenvalue weighted by Crippen LogP contribution is 2.21. The average molecular weight is 711 g/mol. The van der Waals surface area contributed by atoms with Crippen LogP contribution in [-0.2, 0) is 16.1 Å². The summed E-state index contributed by atoms with van der Waals surface area (Å²) < 4.78 is 2.16. The first-order chi connectivity index (χ1) is 25.1. The molecule has 1 aliphatic carbocycles. The van der Waals surface area contributed by atoms with Gasteiger partial charge in [-0.2, -0.15) is 0 Å². The number of imidazole rings is 1. The predicted octanol–water partition coefficient (Wildman–Crippen LogP) is 12.6. The molecule has 1 aromatic heterocycles. The summed E-state index contributed by atoms with van der Waals surface area (Å²) in [6.07, 6.45) is 45.4. The van der Waals surface area contributed by atoms with E-state index in [1.165, 1.54) is 141 Å². The number of carbonyl (C=O) groups excluding carboxylic acids is 2. The van der Waals surface area contributed by atoms with Gasteiger partial charge in [-0.15, -0.1) is 0 Å². The minimum absolute atomic E-state index is 0.0955. The summed E-state index contributed by atoms with van der Waals surface area (Å²) in [5.74, 6) is 1.27. The Bertz CT molecular complexity index is 996. The van der Waals surface area contributed by atoms with Crippen LogP contribution in [-0.4, -0.2) is 44.9 Å². The van der Waals surface area contributed by atoms with Crippen molar-refractivity contribution in [3.63, 3.8) is 0 Å². The van der Waals surface area contributed by atoms with Gasteiger partial charge >= 0.3 is 0 Å². The number of rotatable bonds is 32. The third-order valence-electron chi connectivity index (χ3n) is 11.2. The van der Waals surface area contributed by atoms with Crippen LogP contribution in [0.15, 0.2) is 24.5 Å². The molecule has 1 fully saturated rings. The monoisotopic (exact) mass is 711 g/mol. The molecule has 51 heavy (non-hydrogen) atoms. The Morgan fingerprint density at radius 1 is 0.745 bits per heavy atom. The van der Waals surface area contributed by atoms with Gasteiger partial charge in [0.2, 0.25) is 11.8 Å². The van der Waals surface area contributed by atoms with Crippen LogP contribution in [0.4, 0.5) is 0 Å². The number of carbonyl (C=O) groups is 2. The summed E-state index contributed by atoms with van der Waals surface area (Å²) in [5, 5.41) is 3.46. The zero-order valence-corrected chi connectivity index (χ0v) is 34.0. The normalized spacial score (nSPS) is 14.6. The van der Waals surface area contributed by atoms with Crippen LogP contribution in [0.5, 0.6) is 0 Å². The van der Waals surface area contributed by atoms with Crippen molar-refractivity contribution in [3.05, 3.63) is 30.4 Å². The van der Waals surface area contributed by atoms with E-state index in [0.717, 1.165) is 63.7 Å². The molecule has 0 bridgehead atoms. The van der Waals surface area contributed by atoms with Crippen LogP contribution in [0.1, 0.15) is 219 Å². The molecule has 0 saturated heterocycles. The van der Waals surface area contributed by atoms with Crippen molar-refractivity contribution in [1.29, 1.82) is 0 Å². The molecule has 0 spiro atoms. The Kier molecular flexibility index (Phi) is 27.8. The number of unbranched alkanes of at least 4 members (excludes halogenated alkanes) is 19. The zero-order valence-electron chi connectivity index (χ0n) is 34.0. The maximum atomic E-state index is 14.1. The lowest BCUT2D eigenvalue weighted by molar-refractivity contribution is -0.141. The third kappa shape index (κ3) is 22.5. The molecule has 2 rings (SSSR count). The molecule has 0 aromatic carbocycles. The van der Waals surface area contributed by atoms with E-state index in [9.17, 15) is 9.59 Å². The van der Waals surface area contributed by atoms with Gasteiger partial charge in [-0.3, -0.25) is 9.59 Å². The highest BCUT2D eigenvalue weighted by atomic mass is 16.2. The molecule has 1 N–H and O–H groups in total. The highest BCUT2D eigenvalue weighted by molar-refractivity contribution is 5.87. The van der Waals surface area contributed by atoms with Gasteiger partial charge in [-0.1, -0.05) is 161 Å². The second kappa shape index (κ2) is 31.4. The molecule has 1 atom stereocenters. The van der Waals surface area contributed by atoms with E-state index < -0.39 is 0 Å². The molecule has 6 heteroatoms. The van der Waals surface area contributed by atoms with Crippen LogP contribution in [0.2, 0.25) is 0 Å². The number of amides is 2. The standard InChI is InChI=1S/C45H82N4O2/c1-4-6-8-10-12-14-15-16-17-18-19-21-23-25-31-36-44(50)49(39-32-38-48-40-37-46-41(48)3)43(35-30-24-22-20-13-11-9-7-5-2)45(51)47-42-33-28-26-27-29-34-42/h16-17,37,40,42-43H,4-15,18-36,38-39H2,1-3H3,(H,47,51)/b17-16-. The number of aromatic nitrogens is 2. The van der Waals surface area contributed by atoms with Crippen molar-refractivity contribution in [2.24, 2.45) is 0 Å². The van der Waals surface area contributed by atoms with Crippen molar-refractivity contribution >= 4 is 11.8 Å². The first-order valence-electron chi connectivity index (χ1n) is 22.3. The van der Waals surface area contributed by atoms with Crippen LogP contribution in [0.25, 0.3) is 0 Å². The summed E-state index contributed by atoms with van der Waals surface area (Å²) >= 11 is 0. The van der Waals surface area contributed by atoms with Gasteiger partial charge in [0.15, 0.2) is 0 Å². The highest BCUT2D eigenvalue weighted by Gasteiger charge is 2.30. The van der Waals surface area contributed by atoms with Crippen LogP contribution >= 0.6 is 0 Å². The predicted molar refractivity (Wildman–Crippen MR) is 218 cm³/mol. The topological polar surface area (TPSA) is 67.2 Å². The molecule has 6 nitrogen and oxygen atoms in total. The van der Waals surface area contributed by atoms with Crippen LogP contribution in [0.3, 0.4) is 0 Å². The van der Waals surface area contributed by atoms with Gasteiger partial charge in [-0.25, -0.2) is 4.98 Å². The van der Waals surface area contributed by atoms with E-state index in [-0.39, 0.29) is 23.9 Å². The molecule has 1 aliphatic rings. The third-order valence-corrected chi connectivity index (χ3v) is 11.2. The van der Waals surface area contributed by atoms with Gasteiger partial charge in [0.05, 0.1) is 0 Å². The van der Waals surface area contributed by atoms with E-state index in [2.05, 4.69) is 40.9 Å². The molecule has 1 heterocycles. The minimum Gasteiger partial charge on any atom is -0.352 e. The zero-order chi connectivity index (χ0) is 36.6. The minimum atomic E-state index is -0.364. The summed E-state index contributed by atoms with van der Waals surface area (Å²) in [6, 6.07) is -0.112. The van der Waals surface area contributed by atoms with Crippen molar-refractivity contribution in [3.8, 4) is 0 Å². The molecule has 2 amide bonds. The Morgan fingerprint density at radius 2 is 1.27 bits per heavy atom. The van der Waals surface area contributed by atoms with Gasteiger partial charge < -0.3 is 14.8 Å². The maximum Gasteiger partial charge on any atom is 0.243 e. The van der Waals surface area contributed by atoms with E-state index in [0.29, 0.717) is 13.0 Å². The fourth-order valence-corrected chi connectivity index (χ4v) is 7.79. The quantitative estimate of drug-likeness (QED) is 0.0460. The maximum absolute atomic E-state index is 14.1. The molecular formula is C45H82N4O2. The fourth-order valence-electron chi connectivity index (χ4n) is 7.79. The molecular weight excluding hydrogens is 629 g/mol. The van der Waals surface area contributed by atoms with Crippen molar-refractivity contribution < 1.29 is 9.59 Å². The van der Waals surface area contributed by atoms with Gasteiger partial charge in [0, 0.05) is 37.9 Å². The number of aryl methyl sites for hydroxylation is 2. The molecule has 0 radical (unpaired) electrons. The Morgan fingerprint density at radius 3 is 1.82 bits per heavy atom. The second-order valence-corrected chi connectivity index (χ2v) is 15.8. The van der Waals surface area contributed by atoms with E-state index in [4.69, 9.17) is 0 Å². The lowest BCUT2D eigenvalue weighted by Gasteiger charge is -2.33. The summed E-state index contributed by atoms with van der Waals surface area (Å²) in [5.41, 5.74) is 0. The first-order valence-corrected chi connectivity index (χ1v) is 22.3. The Balaban J connectivity index is 1.89.